The van der Waals surface area contributed by atoms with Crippen LogP contribution in [0.3, 0.4) is 0 Å². The SMILES string of the molecule is CC(C)C1=C2[C@H]3CC[C@@H]4[C@@]5(C)CC[C@H](OC(=O)CC(C)(C)C(=O)O)C(C)(C)[C@@H]5CC[C@@]4(C)[C@]3(C)CC[C@@]2(c2nnc(-c3ccc(C(F)(F)F)nc3)o2)CC1=O. The summed E-state index contributed by atoms with van der Waals surface area (Å²) in [5.74, 6) is -0.136. The Hall–Kier alpha value is -3.57. The summed E-state index contributed by atoms with van der Waals surface area (Å²) in [6.45, 7) is 19.1. The van der Waals surface area contributed by atoms with Gasteiger partial charge in [0.15, 0.2) is 5.78 Å². The van der Waals surface area contributed by atoms with Gasteiger partial charge in [-0.1, -0.05) is 48.5 Å². The molecule has 1 N–H and O–H groups in total. The monoisotopic (exact) mass is 767 g/mol. The summed E-state index contributed by atoms with van der Waals surface area (Å²) in [5.41, 5.74) is -1.19. The van der Waals surface area contributed by atoms with E-state index in [9.17, 15) is 32.7 Å². The van der Waals surface area contributed by atoms with E-state index in [1.54, 1.807) is 13.8 Å². The van der Waals surface area contributed by atoms with Crippen LogP contribution in [0.5, 0.6) is 0 Å². The minimum atomic E-state index is -4.57. The minimum absolute atomic E-state index is 0.00752. The predicted octanol–water partition coefficient (Wildman–Crippen LogP) is 9.80. The number of rotatable bonds is 7. The summed E-state index contributed by atoms with van der Waals surface area (Å²) in [4.78, 5) is 42.5. The molecular formula is C43H56F3N3O6. The van der Waals surface area contributed by atoms with Crippen molar-refractivity contribution < 1.29 is 41.8 Å². The van der Waals surface area contributed by atoms with Gasteiger partial charge in [0, 0.05) is 18.0 Å². The first kappa shape index (κ1) is 39.7. The van der Waals surface area contributed by atoms with Crippen LogP contribution in [0.4, 0.5) is 13.2 Å². The first-order valence-electron chi connectivity index (χ1n) is 20.0. The lowest BCUT2D eigenvalue weighted by molar-refractivity contribution is -0.232. The number of carbonyl (C=O) groups excluding carboxylic acids is 2. The fourth-order valence-electron chi connectivity index (χ4n) is 12.9. The third kappa shape index (κ3) is 5.83. The Balaban J connectivity index is 1.20. The Bertz CT molecular complexity index is 1930. The third-order valence-electron chi connectivity index (χ3n) is 15.9. The Kier molecular flexibility index (Phi) is 9.17. The second-order valence-corrected chi connectivity index (χ2v) is 19.8. The van der Waals surface area contributed by atoms with Crippen molar-refractivity contribution in [2.24, 2.45) is 50.7 Å². The van der Waals surface area contributed by atoms with Crippen LogP contribution in [0, 0.1) is 50.7 Å². The summed E-state index contributed by atoms with van der Waals surface area (Å²) in [6, 6.07) is 2.19. The van der Waals surface area contributed by atoms with Crippen LogP contribution in [0.25, 0.3) is 11.5 Å². The number of esters is 1. The lowest BCUT2D eigenvalue weighted by Gasteiger charge is -2.72. The van der Waals surface area contributed by atoms with E-state index in [1.165, 1.54) is 6.07 Å². The van der Waals surface area contributed by atoms with E-state index in [-0.39, 0.29) is 69.7 Å². The van der Waals surface area contributed by atoms with Crippen molar-refractivity contribution in [3.63, 3.8) is 0 Å². The van der Waals surface area contributed by atoms with Crippen LogP contribution in [0.2, 0.25) is 0 Å². The molecule has 5 aliphatic carbocycles. The van der Waals surface area contributed by atoms with Crippen LogP contribution in [-0.4, -0.2) is 44.1 Å². The normalized spacial score (nSPS) is 35.8. The number of alkyl halides is 3. The molecule has 5 aliphatic rings. The second-order valence-electron chi connectivity index (χ2n) is 19.8. The zero-order valence-corrected chi connectivity index (χ0v) is 33.7. The van der Waals surface area contributed by atoms with Gasteiger partial charge in [0.25, 0.3) is 0 Å². The van der Waals surface area contributed by atoms with Crippen LogP contribution >= 0.6 is 0 Å². The van der Waals surface area contributed by atoms with Gasteiger partial charge in [-0.2, -0.15) is 13.2 Å². The van der Waals surface area contributed by atoms with E-state index in [1.807, 2.05) is 0 Å². The van der Waals surface area contributed by atoms with Crippen molar-refractivity contribution in [2.75, 3.05) is 0 Å². The highest BCUT2D eigenvalue weighted by Gasteiger charge is 2.71. The largest absolute Gasteiger partial charge is 0.481 e. The zero-order valence-electron chi connectivity index (χ0n) is 33.7. The molecule has 55 heavy (non-hydrogen) atoms. The maximum Gasteiger partial charge on any atom is 0.433 e. The molecule has 300 valence electrons. The maximum absolute atomic E-state index is 14.1. The summed E-state index contributed by atoms with van der Waals surface area (Å²) in [5, 5.41) is 18.4. The number of aliphatic carboxylic acids is 1. The van der Waals surface area contributed by atoms with Crippen molar-refractivity contribution in [1.82, 2.24) is 15.2 Å². The number of Topliss-reactive ketones (excluding diaryl/α,β-unsaturated/α-hetero) is 1. The number of allylic oxidation sites excluding steroid dienone is 2. The molecule has 0 aromatic carbocycles. The number of aromatic nitrogens is 3. The van der Waals surface area contributed by atoms with Gasteiger partial charge in [0.1, 0.15) is 11.8 Å². The molecule has 8 atom stereocenters. The van der Waals surface area contributed by atoms with Gasteiger partial charge in [0.05, 0.1) is 22.8 Å². The van der Waals surface area contributed by atoms with Gasteiger partial charge in [-0.3, -0.25) is 19.4 Å². The topological polar surface area (TPSA) is 132 Å². The fourth-order valence-corrected chi connectivity index (χ4v) is 12.9. The fraction of sp³-hybridized carbons (Fsp3) is 0.721. The number of pyridine rings is 1. The average molecular weight is 768 g/mol. The molecule has 0 saturated heterocycles. The van der Waals surface area contributed by atoms with Gasteiger partial charge in [-0.05, 0) is 128 Å². The molecule has 12 heteroatoms. The van der Waals surface area contributed by atoms with Crippen LogP contribution in [-0.2, 0) is 30.7 Å². The highest BCUT2D eigenvalue weighted by atomic mass is 19.4. The van der Waals surface area contributed by atoms with E-state index in [0.29, 0.717) is 24.1 Å². The third-order valence-corrected chi connectivity index (χ3v) is 15.9. The van der Waals surface area contributed by atoms with Gasteiger partial charge in [0.2, 0.25) is 11.8 Å². The van der Waals surface area contributed by atoms with Gasteiger partial charge in [-0.15, -0.1) is 10.2 Å². The van der Waals surface area contributed by atoms with Gasteiger partial charge < -0.3 is 14.3 Å². The Morgan fingerprint density at radius 2 is 1.65 bits per heavy atom. The maximum atomic E-state index is 14.1. The first-order valence-corrected chi connectivity index (χ1v) is 20.0. The highest BCUT2D eigenvalue weighted by Crippen LogP contribution is 2.76. The number of halogens is 3. The summed E-state index contributed by atoms with van der Waals surface area (Å²) >= 11 is 0. The van der Waals surface area contributed by atoms with Gasteiger partial charge in [-0.25, -0.2) is 0 Å². The molecule has 0 amide bonds. The molecule has 2 aromatic rings. The van der Waals surface area contributed by atoms with E-state index < -0.39 is 34.6 Å². The number of nitrogens with zero attached hydrogens (tertiary/aromatic N) is 3. The van der Waals surface area contributed by atoms with E-state index in [2.05, 4.69) is 63.6 Å². The Morgan fingerprint density at radius 3 is 2.27 bits per heavy atom. The number of carboxylic acid groups (broad SMARTS) is 1. The van der Waals surface area contributed by atoms with Crippen molar-refractivity contribution in [2.45, 2.75) is 144 Å². The molecular weight excluding hydrogens is 711 g/mol. The number of fused-ring (bicyclic) bond motifs is 7. The van der Waals surface area contributed by atoms with Crippen LogP contribution in [0.1, 0.15) is 138 Å². The smallest absolute Gasteiger partial charge is 0.433 e. The molecule has 0 aliphatic heterocycles. The number of hydrogen-bond donors (Lipinski definition) is 1. The lowest BCUT2D eigenvalue weighted by atomic mass is 9.33. The van der Waals surface area contributed by atoms with E-state index in [0.717, 1.165) is 68.4 Å². The average Bonchev–Trinajstić information content (AvgIpc) is 3.69. The number of ketones is 1. The van der Waals surface area contributed by atoms with Crippen molar-refractivity contribution in [1.29, 1.82) is 0 Å². The zero-order chi connectivity index (χ0) is 40.3. The number of hydrogen-bond acceptors (Lipinski definition) is 8. The molecule has 0 bridgehead atoms. The summed E-state index contributed by atoms with van der Waals surface area (Å²) < 4.78 is 52.2. The minimum Gasteiger partial charge on any atom is -0.481 e. The van der Waals surface area contributed by atoms with E-state index >= 15 is 0 Å². The first-order chi connectivity index (χ1) is 25.4. The number of carboxylic acids is 1. The van der Waals surface area contributed by atoms with Crippen LogP contribution < -0.4 is 0 Å². The predicted molar refractivity (Wildman–Crippen MR) is 197 cm³/mol. The van der Waals surface area contributed by atoms with Gasteiger partial charge >= 0.3 is 18.1 Å². The Labute approximate surface area is 321 Å². The van der Waals surface area contributed by atoms with Crippen molar-refractivity contribution in [3.05, 3.63) is 41.1 Å². The van der Waals surface area contributed by atoms with Crippen molar-refractivity contribution in [3.8, 4) is 11.5 Å². The quantitative estimate of drug-likeness (QED) is 0.274. The molecule has 2 aromatic heterocycles. The van der Waals surface area contributed by atoms with E-state index in [4.69, 9.17) is 9.15 Å². The lowest BCUT2D eigenvalue weighted by Crippen LogP contribution is -2.66. The molecule has 0 radical (unpaired) electrons. The highest BCUT2D eigenvalue weighted by molar-refractivity contribution is 6.01. The molecule has 0 spiro atoms. The molecule has 4 saturated carbocycles. The molecule has 9 nitrogen and oxygen atoms in total. The molecule has 0 unspecified atom stereocenters. The molecule has 4 fully saturated rings. The van der Waals surface area contributed by atoms with Crippen molar-refractivity contribution >= 4 is 17.7 Å². The molecule has 2 heterocycles. The number of carbonyl (C=O) groups is 3. The standard InChI is InChI=1S/C43H56F3N3O6/c1-23(2)32-26(50)20-42(35-49-48-34(55-35)24-10-13-29(47-22-24)43(44,45)46)19-18-40(8)25(33(32)42)11-12-28-39(7)16-15-30(54-31(51)21-37(3,4)36(52)53)38(5,6)27(39)14-17-41(28,40)9/h10,13,22-23,25,27-28,30H,11-12,14-21H2,1-9H3,(H,52,53)/t25-,27+,28-,30+,39+,40-,41-,42-/m1/s1. The second kappa shape index (κ2) is 12.7. The van der Waals surface area contributed by atoms with Crippen LogP contribution in [0.15, 0.2) is 33.9 Å². The number of ether oxygens (including phenoxy) is 1. The molecule has 7 rings (SSSR count). The summed E-state index contributed by atoms with van der Waals surface area (Å²) in [7, 11) is 0. The Morgan fingerprint density at radius 1 is 0.945 bits per heavy atom. The summed E-state index contributed by atoms with van der Waals surface area (Å²) in [6.07, 6.45) is 3.32.